The third kappa shape index (κ3) is 51.5. The Kier molecular flexibility index (Phi) is 56.7. The normalized spacial score (nSPS) is 13.8. The minimum absolute atomic E-state index is 0.365. The van der Waals surface area contributed by atoms with Gasteiger partial charge in [-0.05, 0) is 51.4 Å². The summed E-state index contributed by atoms with van der Waals surface area (Å²) in [5, 5.41) is 44.1. The highest BCUT2D eigenvalue weighted by Gasteiger charge is 2.28. The molecule has 0 rings (SSSR count). The molecule has 0 radical (unpaired) electrons. The molecule has 1 amide bonds. The molecule has 5 N–H and O–H groups in total. The van der Waals surface area contributed by atoms with E-state index < -0.39 is 36.9 Å². The van der Waals surface area contributed by atoms with Crippen LogP contribution < -0.4 is 5.32 Å². The minimum Gasteiger partial charge on any atom is -0.394 e. The molecular weight excluding hydrogens is 851 g/mol. The van der Waals surface area contributed by atoms with E-state index in [0.717, 1.165) is 38.5 Å². The minimum atomic E-state index is -1.29. The summed E-state index contributed by atoms with van der Waals surface area (Å²) in [5.74, 6) is -0.590. The van der Waals surface area contributed by atoms with Gasteiger partial charge in [0.1, 0.15) is 12.2 Å². The molecule has 0 aliphatic heterocycles. The first-order valence-corrected chi connectivity index (χ1v) is 31.2. The van der Waals surface area contributed by atoms with Crippen molar-refractivity contribution in [2.24, 2.45) is 0 Å². The lowest BCUT2D eigenvalue weighted by Crippen LogP contribution is -2.53. The number of allylic oxidation sites excluding steroid dienone is 4. The zero-order chi connectivity index (χ0) is 50.2. The number of carbonyl (C=O) groups excluding carboxylic acids is 1. The number of hydrogen-bond donors (Lipinski definition) is 5. The van der Waals surface area contributed by atoms with E-state index in [-0.39, 0.29) is 0 Å². The largest absolute Gasteiger partial charge is 0.394 e. The third-order valence-corrected chi connectivity index (χ3v) is 14.9. The molecule has 0 saturated carbocycles. The van der Waals surface area contributed by atoms with E-state index in [2.05, 4.69) is 43.5 Å². The van der Waals surface area contributed by atoms with Crippen LogP contribution in [0.25, 0.3) is 0 Å². The maximum absolute atomic E-state index is 12.6. The van der Waals surface area contributed by atoms with Gasteiger partial charge in [-0.2, -0.15) is 0 Å². The van der Waals surface area contributed by atoms with Crippen molar-refractivity contribution in [1.29, 1.82) is 0 Å². The van der Waals surface area contributed by atoms with E-state index in [0.29, 0.717) is 19.3 Å². The molecule has 0 aromatic heterocycles. The second kappa shape index (κ2) is 57.7. The van der Waals surface area contributed by atoms with Crippen molar-refractivity contribution in [2.75, 3.05) is 6.61 Å². The second-order valence-corrected chi connectivity index (χ2v) is 21.7. The Morgan fingerprint density at radius 1 is 0.348 bits per heavy atom. The lowest BCUT2D eigenvalue weighted by atomic mass is 10.00. The number of hydrogen-bond acceptors (Lipinski definition) is 5. The molecule has 0 heterocycles. The van der Waals surface area contributed by atoms with Gasteiger partial charge in [-0.3, -0.25) is 4.79 Å². The van der Waals surface area contributed by atoms with E-state index in [1.165, 1.54) is 270 Å². The number of amides is 1. The number of nitrogens with one attached hydrogen (secondary N) is 1. The summed E-state index contributed by atoms with van der Waals surface area (Å²) in [6.45, 7) is 4.09. The van der Waals surface area contributed by atoms with Crippen LogP contribution in [0.15, 0.2) is 24.3 Å². The van der Waals surface area contributed by atoms with Gasteiger partial charge in [-0.25, -0.2) is 0 Å². The maximum Gasteiger partial charge on any atom is 0.249 e. The Labute approximate surface area is 431 Å². The molecule has 4 atom stereocenters. The molecule has 69 heavy (non-hydrogen) atoms. The maximum atomic E-state index is 12.6. The quantitative estimate of drug-likeness (QED) is 0.0308. The second-order valence-electron chi connectivity index (χ2n) is 21.7. The van der Waals surface area contributed by atoms with Crippen LogP contribution >= 0.6 is 0 Å². The van der Waals surface area contributed by atoms with Crippen molar-refractivity contribution < 1.29 is 25.2 Å². The molecule has 0 fully saturated rings. The first-order valence-electron chi connectivity index (χ1n) is 31.2. The molecule has 4 unspecified atom stereocenters. The van der Waals surface area contributed by atoms with E-state index in [1.807, 2.05) is 0 Å². The third-order valence-electron chi connectivity index (χ3n) is 14.9. The molecule has 0 aliphatic rings. The molecule has 6 heteroatoms. The zero-order valence-corrected chi connectivity index (χ0v) is 46.6. The Balaban J connectivity index is 3.61. The van der Waals surface area contributed by atoms with Crippen LogP contribution in [-0.2, 0) is 4.79 Å². The molecule has 0 spiro atoms. The molecule has 0 aromatic rings. The van der Waals surface area contributed by atoms with Crippen molar-refractivity contribution >= 4 is 5.91 Å². The van der Waals surface area contributed by atoms with Gasteiger partial charge in [0.2, 0.25) is 5.91 Å². The van der Waals surface area contributed by atoms with Crippen LogP contribution in [0.4, 0.5) is 0 Å². The van der Waals surface area contributed by atoms with Crippen molar-refractivity contribution in [3.05, 3.63) is 24.3 Å². The van der Waals surface area contributed by atoms with Crippen molar-refractivity contribution in [2.45, 2.75) is 366 Å². The summed E-state index contributed by atoms with van der Waals surface area (Å²) in [6, 6.07) is -1.01. The Morgan fingerprint density at radius 2 is 0.609 bits per heavy atom. The van der Waals surface area contributed by atoms with Crippen LogP contribution in [0, 0.1) is 0 Å². The average Bonchev–Trinajstić information content (AvgIpc) is 3.35. The van der Waals surface area contributed by atoms with Crippen LogP contribution in [0.3, 0.4) is 0 Å². The fourth-order valence-corrected chi connectivity index (χ4v) is 10.0. The van der Waals surface area contributed by atoms with E-state index in [4.69, 9.17) is 0 Å². The van der Waals surface area contributed by atoms with E-state index >= 15 is 0 Å². The lowest BCUT2D eigenvalue weighted by Gasteiger charge is -2.27. The average molecular weight is 975 g/mol. The highest BCUT2D eigenvalue weighted by molar-refractivity contribution is 5.80. The molecule has 6 nitrogen and oxygen atoms in total. The van der Waals surface area contributed by atoms with E-state index in [9.17, 15) is 25.2 Å². The summed E-state index contributed by atoms with van der Waals surface area (Å²) >= 11 is 0. The molecular formula is C63H123NO5. The monoisotopic (exact) mass is 974 g/mol. The smallest absolute Gasteiger partial charge is 0.249 e. The highest BCUT2D eigenvalue weighted by Crippen LogP contribution is 2.19. The summed E-state index contributed by atoms with van der Waals surface area (Å²) < 4.78 is 0. The SMILES string of the molecule is CCCCCCCCCCCCCCCCCC/C=C/CC/C=C/CCCC(O)C(O)C(CO)NC(=O)C(O)CCCCCCCCCCCCCCCCCCCCCCCCCCCCCC. The zero-order valence-electron chi connectivity index (χ0n) is 46.6. The van der Waals surface area contributed by atoms with Gasteiger partial charge < -0.3 is 25.7 Å². The number of aliphatic hydroxyl groups excluding tert-OH is 4. The van der Waals surface area contributed by atoms with Gasteiger partial charge in [-0.15, -0.1) is 0 Å². The van der Waals surface area contributed by atoms with Crippen molar-refractivity contribution in [3.8, 4) is 0 Å². The Hall–Kier alpha value is -1.21. The molecule has 410 valence electrons. The fraction of sp³-hybridized carbons (Fsp3) is 0.921. The summed E-state index contributed by atoms with van der Waals surface area (Å²) in [7, 11) is 0. The van der Waals surface area contributed by atoms with Crippen molar-refractivity contribution in [3.63, 3.8) is 0 Å². The van der Waals surface area contributed by atoms with Gasteiger partial charge in [0.15, 0.2) is 0 Å². The van der Waals surface area contributed by atoms with Gasteiger partial charge in [0.25, 0.3) is 0 Å². The van der Waals surface area contributed by atoms with Crippen LogP contribution in [-0.4, -0.2) is 57.3 Å². The first kappa shape index (κ1) is 67.8. The summed E-state index contributed by atoms with van der Waals surface area (Å²) in [5.41, 5.74) is 0. The number of rotatable bonds is 58. The first-order chi connectivity index (χ1) is 34.0. The molecule has 0 aliphatic carbocycles. The number of unbranched alkanes of at least 4 members (excludes halogenated alkanes) is 45. The highest BCUT2D eigenvalue weighted by atomic mass is 16.3. The summed E-state index contributed by atoms with van der Waals surface area (Å²) in [4.78, 5) is 12.6. The van der Waals surface area contributed by atoms with Gasteiger partial charge in [-0.1, -0.05) is 314 Å². The number of aliphatic hydroxyl groups is 4. The van der Waals surface area contributed by atoms with Gasteiger partial charge >= 0.3 is 0 Å². The van der Waals surface area contributed by atoms with Crippen molar-refractivity contribution in [1.82, 2.24) is 5.32 Å². The fourth-order valence-electron chi connectivity index (χ4n) is 10.0. The number of carbonyl (C=O) groups is 1. The molecule has 0 saturated heterocycles. The Morgan fingerprint density at radius 3 is 0.913 bits per heavy atom. The van der Waals surface area contributed by atoms with Crippen LogP contribution in [0.5, 0.6) is 0 Å². The van der Waals surface area contributed by atoms with Crippen LogP contribution in [0.2, 0.25) is 0 Å². The summed E-state index contributed by atoms with van der Waals surface area (Å²) in [6.07, 6.45) is 71.3. The van der Waals surface area contributed by atoms with E-state index in [1.54, 1.807) is 0 Å². The van der Waals surface area contributed by atoms with Gasteiger partial charge in [0.05, 0.1) is 18.8 Å². The van der Waals surface area contributed by atoms with Crippen LogP contribution in [0.1, 0.15) is 341 Å². The topological polar surface area (TPSA) is 110 Å². The Bertz CT molecular complexity index is 1050. The predicted octanol–water partition coefficient (Wildman–Crippen LogP) is 18.6. The molecule has 0 bridgehead atoms. The molecule has 0 aromatic carbocycles. The predicted molar refractivity (Wildman–Crippen MR) is 302 cm³/mol. The standard InChI is InChI=1S/C63H123NO5/c1-3-5-7-9-11-13-15-17-19-21-23-25-27-29-30-31-33-35-37-39-41-43-45-47-49-51-53-55-57-61(67)63(69)64-59(58-65)62(68)60(66)56-54-52-50-48-46-44-42-40-38-36-34-32-28-26-24-22-20-18-16-14-12-10-8-6-4-2/h40,42,48,50,59-62,65-68H,3-39,41,43-47,49,51-58H2,1-2H3,(H,64,69)/b42-40+,50-48+. The lowest BCUT2D eigenvalue weighted by molar-refractivity contribution is -0.132. The van der Waals surface area contributed by atoms with Gasteiger partial charge in [0, 0.05) is 0 Å².